The van der Waals surface area contributed by atoms with Crippen LogP contribution in [0.15, 0.2) is 28.7 Å². The van der Waals surface area contributed by atoms with E-state index in [1.54, 1.807) is 18.2 Å². The van der Waals surface area contributed by atoms with E-state index in [0.717, 1.165) is 0 Å². The highest BCUT2D eigenvalue weighted by atomic mass is 19.1. The molecule has 1 unspecified atom stereocenters. The third-order valence-electron chi connectivity index (χ3n) is 2.74. The summed E-state index contributed by atoms with van der Waals surface area (Å²) in [6.45, 7) is 0. The van der Waals surface area contributed by atoms with Crippen molar-refractivity contribution in [2.45, 2.75) is 12.3 Å². The van der Waals surface area contributed by atoms with Gasteiger partial charge in [-0.1, -0.05) is 12.1 Å². The van der Waals surface area contributed by atoms with Gasteiger partial charge in [-0.15, -0.1) is 0 Å². The number of nitrogens with one attached hydrogen (secondary N) is 1. The van der Waals surface area contributed by atoms with E-state index in [4.69, 9.17) is 19.7 Å². The van der Waals surface area contributed by atoms with Crippen molar-refractivity contribution in [1.82, 2.24) is 5.43 Å². The first kappa shape index (κ1) is 13.0. The van der Waals surface area contributed by atoms with Crippen molar-refractivity contribution >= 4 is 11.0 Å². The van der Waals surface area contributed by atoms with Gasteiger partial charge in [0.1, 0.15) is 11.8 Å². The molecule has 0 radical (unpaired) electrons. The number of hydrogen-bond acceptors (Lipinski definition) is 5. The Morgan fingerprint density at radius 3 is 2.61 bits per heavy atom. The van der Waals surface area contributed by atoms with Crippen LogP contribution in [0.3, 0.4) is 0 Å². The number of para-hydroxylation sites is 1. The number of furan rings is 1. The molecule has 0 saturated carbocycles. The summed E-state index contributed by atoms with van der Waals surface area (Å²) in [5.74, 6) is 5.49. The summed E-state index contributed by atoms with van der Waals surface area (Å²) in [5.41, 5.74) is 2.73. The van der Waals surface area contributed by atoms with Crippen LogP contribution < -0.4 is 11.3 Å². The number of hydrazine groups is 1. The Morgan fingerprint density at radius 1 is 1.33 bits per heavy atom. The maximum absolute atomic E-state index is 13.5. The summed E-state index contributed by atoms with van der Waals surface area (Å²) in [6.07, 6.45) is -0.626. The summed E-state index contributed by atoms with van der Waals surface area (Å²) >= 11 is 0. The number of halogens is 1. The molecule has 0 spiro atoms. The summed E-state index contributed by atoms with van der Waals surface area (Å²) in [6, 6.07) is 5.89. The fourth-order valence-corrected chi connectivity index (χ4v) is 1.86. The monoisotopic (exact) mass is 254 g/mol. The largest absolute Gasteiger partial charge is 0.456 e. The van der Waals surface area contributed by atoms with Crippen LogP contribution in [0.2, 0.25) is 0 Å². The molecular formula is C12H15FN2O3. The van der Waals surface area contributed by atoms with Crippen molar-refractivity contribution in [2.24, 2.45) is 5.84 Å². The van der Waals surface area contributed by atoms with Gasteiger partial charge in [0, 0.05) is 19.6 Å². The molecule has 5 nitrogen and oxygen atoms in total. The zero-order chi connectivity index (χ0) is 13.1. The summed E-state index contributed by atoms with van der Waals surface area (Å²) in [5, 5.41) is 0.663. The highest BCUT2D eigenvalue weighted by Gasteiger charge is 2.25. The number of nitrogens with two attached hydrogens (primary N) is 1. The summed E-state index contributed by atoms with van der Waals surface area (Å²) in [7, 11) is 2.98. The molecule has 2 aromatic rings. The van der Waals surface area contributed by atoms with E-state index in [2.05, 4.69) is 5.43 Å². The maximum atomic E-state index is 13.5. The minimum atomic E-state index is -0.626. The van der Waals surface area contributed by atoms with E-state index >= 15 is 0 Å². The Hall–Kier alpha value is -1.47. The summed E-state index contributed by atoms with van der Waals surface area (Å²) in [4.78, 5) is 0. The molecule has 3 N–H and O–H groups in total. The maximum Gasteiger partial charge on any atom is 0.180 e. The Kier molecular flexibility index (Phi) is 3.93. The number of ether oxygens (including phenoxy) is 2. The van der Waals surface area contributed by atoms with Crippen LogP contribution in [0.25, 0.3) is 11.0 Å². The number of hydrogen-bond donors (Lipinski definition) is 2. The highest BCUT2D eigenvalue weighted by molar-refractivity contribution is 5.78. The second-order valence-corrected chi connectivity index (χ2v) is 3.79. The Morgan fingerprint density at radius 2 is 2.06 bits per heavy atom. The Labute approximate surface area is 104 Å². The lowest BCUT2D eigenvalue weighted by Gasteiger charge is -2.21. The Balaban J connectivity index is 2.42. The third kappa shape index (κ3) is 2.23. The normalized spacial score (nSPS) is 13.4. The van der Waals surface area contributed by atoms with Crippen LogP contribution in [-0.4, -0.2) is 20.5 Å². The first-order chi connectivity index (χ1) is 8.71. The van der Waals surface area contributed by atoms with Gasteiger partial charge in [0.2, 0.25) is 0 Å². The molecule has 98 valence electrons. The number of rotatable bonds is 5. The average Bonchev–Trinajstić information content (AvgIpc) is 2.80. The van der Waals surface area contributed by atoms with Crippen LogP contribution in [0, 0.1) is 5.82 Å². The molecule has 0 aliphatic heterocycles. The van der Waals surface area contributed by atoms with Crippen molar-refractivity contribution in [1.29, 1.82) is 0 Å². The van der Waals surface area contributed by atoms with Crippen molar-refractivity contribution < 1.29 is 18.3 Å². The van der Waals surface area contributed by atoms with Gasteiger partial charge < -0.3 is 13.9 Å². The number of fused-ring (bicyclic) bond motifs is 1. The molecule has 2 rings (SSSR count). The van der Waals surface area contributed by atoms with E-state index in [1.165, 1.54) is 20.3 Å². The molecule has 0 aliphatic rings. The van der Waals surface area contributed by atoms with Gasteiger partial charge in [-0.2, -0.15) is 0 Å². The van der Waals surface area contributed by atoms with E-state index in [-0.39, 0.29) is 5.58 Å². The van der Waals surface area contributed by atoms with E-state index in [9.17, 15) is 4.39 Å². The lowest BCUT2D eigenvalue weighted by molar-refractivity contribution is -0.127. The van der Waals surface area contributed by atoms with Crippen LogP contribution >= 0.6 is 0 Å². The van der Waals surface area contributed by atoms with Crippen LogP contribution in [0.5, 0.6) is 0 Å². The molecule has 0 aliphatic carbocycles. The van der Waals surface area contributed by atoms with Gasteiger partial charge in [-0.05, 0) is 12.1 Å². The lowest BCUT2D eigenvalue weighted by atomic mass is 10.2. The van der Waals surface area contributed by atoms with Gasteiger partial charge in [-0.3, -0.25) is 5.84 Å². The van der Waals surface area contributed by atoms with Crippen LogP contribution in [0.4, 0.5) is 4.39 Å². The van der Waals surface area contributed by atoms with Gasteiger partial charge in [0.25, 0.3) is 0 Å². The third-order valence-corrected chi connectivity index (χ3v) is 2.74. The first-order valence-corrected chi connectivity index (χ1v) is 5.41. The number of methoxy groups -OCH3 is 2. The molecule has 18 heavy (non-hydrogen) atoms. The molecule has 1 aromatic heterocycles. The average molecular weight is 254 g/mol. The van der Waals surface area contributed by atoms with Crippen molar-refractivity contribution in [3.63, 3.8) is 0 Å². The molecule has 6 heteroatoms. The molecule has 1 heterocycles. The molecule has 0 bridgehead atoms. The van der Waals surface area contributed by atoms with E-state index < -0.39 is 18.1 Å². The van der Waals surface area contributed by atoms with Gasteiger partial charge in [0.05, 0.1) is 0 Å². The molecule has 0 fully saturated rings. The van der Waals surface area contributed by atoms with Gasteiger partial charge in [-0.25, -0.2) is 9.82 Å². The minimum absolute atomic E-state index is 0.193. The molecule has 0 saturated heterocycles. The van der Waals surface area contributed by atoms with E-state index in [1.807, 2.05) is 0 Å². The zero-order valence-electron chi connectivity index (χ0n) is 10.1. The smallest absolute Gasteiger partial charge is 0.180 e. The molecular weight excluding hydrogens is 239 g/mol. The first-order valence-electron chi connectivity index (χ1n) is 5.41. The molecule has 1 aromatic carbocycles. The highest BCUT2D eigenvalue weighted by Crippen LogP contribution is 2.28. The minimum Gasteiger partial charge on any atom is -0.456 e. The predicted octanol–water partition coefficient (Wildman–Crippen LogP) is 1.70. The quantitative estimate of drug-likeness (QED) is 0.483. The van der Waals surface area contributed by atoms with Crippen LogP contribution in [-0.2, 0) is 9.47 Å². The predicted molar refractivity (Wildman–Crippen MR) is 64.0 cm³/mol. The van der Waals surface area contributed by atoms with Crippen molar-refractivity contribution in [3.8, 4) is 0 Å². The fourth-order valence-electron chi connectivity index (χ4n) is 1.86. The van der Waals surface area contributed by atoms with Crippen molar-refractivity contribution in [3.05, 3.63) is 35.8 Å². The zero-order valence-corrected chi connectivity index (χ0v) is 10.1. The second kappa shape index (κ2) is 5.45. The van der Waals surface area contributed by atoms with Gasteiger partial charge in [0.15, 0.2) is 17.7 Å². The lowest BCUT2D eigenvalue weighted by Crippen LogP contribution is -2.38. The van der Waals surface area contributed by atoms with Gasteiger partial charge >= 0.3 is 0 Å². The SMILES string of the molecule is COC(OC)C(NN)c1cc2cccc(F)c2o1. The topological polar surface area (TPSA) is 69.7 Å². The van der Waals surface area contributed by atoms with Crippen molar-refractivity contribution in [2.75, 3.05) is 14.2 Å². The Bertz CT molecular complexity index is 525. The summed E-state index contributed by atoms with van der Waals surface area (Å²) < 4.78 is 29.2. The second-order valence-electron chi connectivity index (χ2n) is 3.79. The fraction of sp³-hybridized carbons (Fsp3) is 0.333. The van der Waals surface area contributed by atoms with Crippen LogP contribution in [0.1, 0.15) is 11.8 Å². The number of benzene rings is 1. The molecule has 0 amide bonds. The molecule has 1 atom stereocenters. The standard InChI is InChI=1S/C12H15FN2O3/c1-16-12(17-2)10(15-14)9-6-7-4-3-5-8(13)11(7)18-9/h3-6,10,12,15H,14H2,1-2H3. The van der Waals surface area contributed by atoms with E-state index in [0.29, 0.717) is 11.1 Å².